The van der Waals surface area contributed by atoms with Gasteiger partial charge in [-0.15, -0.1) is 0 Å². The molecule has 0 radical (unpaired) electrons. The second-order valence-corrected chi connectivity index (χ2v) is 8.14. The molecule has 1 heterocycles. The average molecular weight is 408 g/mol. The largest absolute Gasteiger partial charge is 0.466 e. The summed E-state index contributed by atoms with van der Waals surface area (Å²) in [6.07, 6.45) is 0.138. The van der Waals surface area contributed by atoms with Crippen LogP contribution in [0.3, 0.4) is 0 Å². The molecule has 7 heteroatoms. The highest BCUT2D eigenvalue weighted by atomic mass is 16.7. The van der Waals surface area contributed by atoms with Crippen molar-refractivity contribution in [2.45, 2.75) is 65.4 Å². The first-order chi connectivity index (χ1) is 13.7. The molecular formula is C22H33NO6. The van der Waals surface area contributed by atoms with Crippen LogP contribution in [0.1, 0.15) is 46.6 Å². The molecular weight excluding hydrogens is 374 g/mol. The van der Waals surface area contributed by atoms with Gasteiger partial charge in [0.1, 0.15) is 18.1 Å². The lowest BCUT2D eigenvalue weighted by molar-refractivity contribution is -0.187. The van der Waals surface area contributed by atoms with Crippen LogP contribution in [-0.4, -0.2) is 54.5 Å². The van der Waals surface area contributed by atoms with Crippen molar-refractivity contribution in [3.63, 3.8) is 0 Å². The highest BCUT2D eigenvalue weighted by molar-refractivity contribution is 5.75. The summed E-state index contributed by atoms with van der Waals surface area (Å²) in [5.74, 6) is -1.21. The van der Waals surface area contributed by atoms with Gasteiger partial charge in [0, 0.05) is 6.61 Å². The third-order valence-electron chi connectivity index (χ3n) is 4.53. The third kappa shape index (κ3) is 7.42. The number of nitrogens with zero attached hydrogens (tertiary/aromatic N) is 1. The van der Waals surface area contributed by atoms with Crippen molar-refractivity contribution >= 4 is 11.9 Å². The van der Waals surface area contributed by atoms with Gasteiger partial charge in [0.05, 0.1) is 25.4 Å². The van der Waals surface area contributed by atoms with Gasteiger partial charge in [-0.1, -0.05) is 30.3 Å². The number of hydroxylamine groups is 2. The number of benzene rings is 1. The fraction of sp³-hybridized carbons (Fsp3) is 0.636. The Kier molecular flexibility index (Phi) is 8.61. The van der Waals surface area contributed by atoms with E-state index in [1.54, 1.807) is 12.0 Å². The summed E-state index contributed by atoms with van der Waals surface area (Å²) in [7, 11) is 0. The summed E-state index contributed by atoms with van der Waals surface area (Å²) < 4.78 is 16.4. The Morgan fingerprint density at radius 1 is 1.17 bits per heavy atom. The van der Waals surface area contributed by atoms with Crippen LogP contribution in [0.5, 0.6) is 0 Å². The molecule has 7 nitrogen and oxygen atoms in total. The molecule has 1 fully saturated rings. The maximum absolute atomic E-state index is 12.5. The Morgan fingerprint density at radius 3 is 2.48 bits per heavy atom. The van der Waals surface area contributed by atoms with Gasteiger partial charge in [-0.05, 0) is 46.6 Å². The summed E-state index contributed by atoms with van der Waals surface area (Å²) >= 11 is 0. The van der Waals surface area contributed by atoms with E-state index in [-0.39, 0.29) is 18.6 Å². The molecule has 3 atom stereocenters. The third-order valence-corrected chi connectivity index (χ3v) is 4.53. The number of carbonyl (C=O) groups excluding carboxylic acids is 2. The topological polar surface area (TPSA) is 74.3 Å². The van der Waals surface area contributed by atoms with E-state index in [1.807, 2.05) is 58.0 Å². The molecule has 0 unspecified atom stereocenters. The van der Waals surface area contributed by atoms with Crippen LogP contribution >= 0.6 is 0 Å². The molecule has 1 aliphatic rings. The van der Waals surface area contributed by atoms with Gasteiger partial charge in [-0.3, -0.25) is 14.4 Å². The molecule has 0 aromatic heterocycles. The van der Waals surface area contributed by atoms with Gasteiger partial charge in [0.15, 0.2) is 0 Å². The first-order valence-electron chi connectivity index (χ1n) is 10.1. The van der Waals surface area contributed by atoms with Gasteiger partial charge in [0.25, 0.3) is 0 Å². The molecule has 0 amide bonds. The Balaban J connectivity index is 2.00. The Bertz CT molecular complexity index is 657. The number of esters is 2. The van der Waals surface area contributed by atoms with Crippen molar-refractivity contribution in [1.29, 1.82) is 0 Å². The van der Waals surface area contributed by atoms with Crippen LogP contribution in [0, 0.1) is 5.92 Å². The Hall–Kier alpha value is -1.96. The lowest BCUT2D eigenvalue weighted by atomic mass is 9.93. The van der Waals surface area contributed by atoms with E-state index in [0.717, 1.165) is 5.56 Å². The highest BCUT2D eigenvalue weighted by Gasteiger charge is 2.46. The van der Waals surface area contributed by atoms with Crippen LogP contribution in [-0.2, 0) is 35.2 Å². The number of hydrogen-bond donors (Lipinski definition) is 0. The van der Waals surface area contributed by atoms with Crippen molar-refractivity contribution in [3.05, 3.63) is 35.9 Å². The summed E-state index contributed by atoms with van der Waals surface area (Å²) in [6.45, 7) is 10.2. The maximum Gasteiger partial charge on any atom is 0.323 e. The monoisotopic (exact) mass is 407 g/mol. The van der Waals surface area contributed by atoms with E-state index >= 15 is 0 Å². The molecule has 1 aliphatic heterocycles. The van der Waals surface area contributed by atoms with Gasteiger partial charge in [-0.25, -0.2) is 0 Å². The smallest absolute Gasteiger partial charge is 0.323 e. The van der Waals surface area contributed by atoms with Crippen LogP contribution in [0.15, 0.2) is 30.3 Å². The molecule has 29 heavy (non-hydrogen) atoms. The fourth-order valence-corrected chi connectivity index (χ4v) is 3.38. The minimum Gasteiger partial charge on any atom is -0.466 e. The summed E-state index contributed by atoms with van der Waals surface area (Å²) in [5, 5.41) is 1.55. The highest BCUT2D eigenvalue weighted by Crippen LogP contribution is 2.31. The first kappa shape index (κ1) is 23.3. The summed E-state index contributed by atoms with van der Waals surface area (Å²) in [6, 6.07) is 9.55. The Labute approximate surface area is 173 Å². The number of carbonyl (C=O) groups is 2. The normalized spacial score (nSPS) is 22.4. The van der Waals surface area contributed by atoms with E-state index in [1.165, 1.54) is 0 Å². The number of ether oxygens (including phenoxy) is 3. The zero-order valence-electron chi connectivity index (χ0n) is 18.1. The second-order valence-electron chi connectivity index (χ2n) is 8.14. The molecule has 0 bridgehead atoms. The van der Waals surface area contributed by atoms with Gasteiger partial charge >= 0.3 is 11.9 Å². The van der Waals surface area contributed by atoms with E-state index in [4.69, 9.17) is 19.0 Å². The van der Waals surface area contributed by atoms with Crippen molar-refractivity contribution in [2.75, 3.05) is 19.8 Å². The van der Waals surface area contributed by atoms with Crippen LogP contribution in [0.25, 0.3) is 0 Å². The van der Waals surface area contributed by atoms with Crippen molar-refractivity contribution in [3.8, 4) is 0 Å². The molecule has 0 N–H and O–H groups in total. The quantitative estimate of drug-likeness (QED) is 0.460. The molecule has 0 aliphatic carbocycles. The minimum absolute atomic E-state index is 0.0547. The van der Waals surface area contributed by atoms with Gasteiger partial charge in [-0.2, -0.15) is 5.06 Å². The predicted octanol–water partition coefficient (Wildman–Crippen LogP) is 3.12. The lowest BCUT2D eigenvalue weighted by Crippen LogP contribution is -2.41. The fourth-order valence-electron chi connectivity index (χ4n) is 3.38. The van der Waals surface area contributed by atoms with E-state index < -0.39 is 23.6 Å². The Morgan fingerprint density at radius 2 is 1.86 bits per heavy atom. The lowest BCUT2D eigenvalue weighted by Gasteiger charge is -2.26. The first-order valence-corrected chi connectivity index (χ1v) is 10.1. The predicted molar refractivity (Wildman–Crippen MR) is 108 cm³/mol. The van der Waals surface area contributed by atoms with Crippen molar-refractivity contribution in [1.82, 2.24) is 5.06 Å². The van der Waals surface area contributed by atoms with Gasteiger partial charge < -0.3 is 14.2 Å². The zero-order chi connectivity index (χ0) is 21.4. The SMILES string of the molecule is CCOC(=O)[C@H]1[C@@H](CCOCc2ccccc2)N(CC(=O)OC(C)(C)C)O[C@@H]1C. The van der Waals surface area contributed by atoms with E-state index in [9.17, 15) is 9.59 Å². The summed E-state index contributed by atoms with van der Waals surface area (Å²) in [5.41, 5.74) is 0.494. The van der Waals surface area contributed by atoms with Crippen LogP contribution in [0.2, 0.25) is 0 Å². The minimum atomic E-state index is -0.586. The molecule has 1 saturated heterocycles. The molecule has 1 aromatic carbocycles. The zero-order valence-corrected chi connectivity index (χ0v) is 18.1. The molecule has 1 aromatic rings. The molecule has 2 rings (SSSR count). The average Bonchev–Trinajstić information content (AvgIpc) is 2.93. The second kappa shape index (κ2) is 10.7. The molecule has 162 valence electrons. The van der Waals surface area contributed by atoms with Crippen LogP contribution < -0.4 is 0 Å². The standard InChI is InChI=1S/C22H33NO6/c1-6-27-21(25)20-16(2)29-23(14-19(24)28-22(3,4)5)18(20)12-13-26-15-17-10-8-7-9-11-17/h7-11,16,18,20H,6,12-15H2,1-5H3/t16-,18-,20-/m1/s1. The van der Waals surface area contributed by atoms with Gasteiger partial charge in [0.2, 0.25) is 0 Å². The number of rotatable bonds is 9. The number of hydrogen-bond acceptors (Lipinski definition) is 7. The summed E-state index contributed by atoms with van der Waals surface area (Å²) in [4.78, 5) is 30.6. The van der Waals surface area contributed by atoms with Crippen molar-refractivity contribution < 1.29 is 28.6 Å². The van der Waals surface area contributed by atoms with E-state index in [2.05, 4.69) is 0 Å². The van der Waals surface area contributed by atoms with Crippen molar-refractivity contribution in [2.24, 2.45) is 5.92 Å². The van der Waals surface area contributed by atoms with E-state index in [0.29, 0.717) is 26.2 Å². The maximum atomic E-state index is 12.5. The van der Waals surface area contributed by atoms with Crippen LogP contribution in [0.4, 0.5) is 0 Å². The molecule has 0 saturated carbocycles. The molecule has 0 spiro atoms.